The van der Waals surface area contributed by atoms with E-state index in [-0.39, 0.29) is 0 Å². The van der Waals surface area contributed by atoms with Gasteiger partial charge < -0.3 is 10.1 Å². The molecule has 1 fully saturated rings. The summed E-state index contributed by atoms with van der Waals surface area (Å²) in [6.45, 7) is 1.84. The SMILES string of the molecule is Brc1ccncc1OCC1CCN1. The van der Waals surface area contributed by atoms with Gasteiger partial charge in [-0.25, -0.2) is 0 Å². The zero-order chi connectivity index (χ0) is 9.10. The van der Waals surface area contributed by atoms with Crippen LogP contribution in [0.15, 0.2) is 22.9 Å². The molecule has 3 nitrogen and oxygen atoms in total. The van der Waals surface area contributed by atoms with Crippen LogP contribution in [0.2, 0.25) is 0 Å². The average molecular weight is 243 g/mol. The van der Waals surface area contributed by atoms with Gasteiger partial charge in [0.25, 0.3) is 0 Å². The van der Waals surface area contributed by atoms with Crippen LogP contribution in [-0.4, -0.2) is 24.2 Å². The van der Waals surface area contributed by atoms with Crippen molar-refractivity contribution >= 4 is 15.9 Å². The average Bonchev–Trinajstić information content (AvgIpc) is 2.05. The van der Waals surface area contributed by atoms with Crippen LogP contribution in [0.25, 0.3) is 0 Å². The van der Waals surface area contributed by atoms with Gasteiger partial charge in [-0.05, 0) is 35.0 Å². The standard InChI is InChI=1S/C9H11BrN2O/c10-8-2-3-11-5-9(8)13-6-7-1-4-12-7/h2-3,5,7,12H,1,4,6H2. The number of nitrogens with one attached hydrogen (secondary N) is 1. The minimum Gasteiger partial charge on any atom is -0.489 e. The molecule has 70 valence electrons. The molecular formula is C9H11BrN2O. The van der Waals surface area contributed by atoms with Crippen molar-refractivity contribution in [1.82, 2.24) is 10.3 Å². The van der Waals surface area contributed by atoms with Gasteiger partial charge in [0, 0.05) is 12.2 Å². The summed E-state index contributed by atoms with van der Waals surface area (Å²) < 4.78 is 6.53. The lowest BCUT2D eigenvalue weighted by molar-refractivity contribution is 0.216. The van der Waals surface area contributed by atoms with Gasteiger partial charge in [-0.2, -0.15) is 0 Å². The highest BCUT2D eigenvalue weighted by Crippen LogP contribution is 2.22. The van der Waals surface area contributed by atoms with E-state index in [1.807, 2.05) is 6.07 Å². The van der Waals surface area contributed by atoms with Crippen molar-refractivity contribution in [2.75, 3.05) is 13.2 Å². The summed E-state index contributed by atoms with van der Waals surface area (Å²) in [5, 5.41) is 3.27. The highest BCUT2D eigenvalue weighted by Gasteiger charge is 2.16. The fourth-order valence-corrected chi connectivity index (χ4v) is 1.49. The number of pyridine rings is 1. The monoisotopic (exact) mass is 242 g/mol. The van der Waals surface area contributed by atoms with Crippen LogP contribution < -0.4 is 10.1 Å². The normalized spacial score (nSPS) is 20.8. The van der Waals surface area contributed by atoms with Crippen molar-refractivity contribution in [3.05, 3.63) is 22.9 Å². The molecule has 2 rings (SSSR count). The predicted molar refractivity (Wildman–Crippen MR) is 53.8 cm³/mol. The minimum atomic E-state index is 0.520. The molecule has 0 bridgehead atoms. The number of hydrogen-bond donors (Lipinski definition) is 1. The Morgan fingerprint density at radius 3 is 3.15 bits per heavy atom. The second-order valence-electron chi connectivity index (χ2n) is 3.06. The van der Waals surface area contributed by atoms with Crippen molar-refractivity contribution in [3.8, 4) is 5.75 Å². The van der Waals surface area contributed by atoms with Gasteiger partial charge in [0.05, 0.1) is 10.7 Å². The van der Waals surface area contributed by atoms with Crippen molar-refractivity contribution in [2.24, 2.45) is 0 Å². The summed E-state index contributed by atoms with van der Waals surface area (Å²) in [6.07, 6.45) is 4.67. The fourth-order valence-electron chi connectivity index (χ4n) is 1.15. The molecule has 1 unspecified atom stereocenters. The topological polar surface area (TPSA) is 34.1 Å². The van der Waals surface area contributed by atoms with E-state index in [1.165, 1.54) is 6.42 Å². The van der Waals surface area contributed by atoms with Crippen molar-refractivity contribution in [3.63, 3.8) is 0 Å². The van der Waals surface area contributed by atoms with E-state index in [0.717, 1.165) is 23.4 Å². The van der Waals surface area contributed by atoms with Gasteiger partial charge in [-0.1, -0.05) is 0 Å². The van der Waals surface area contributed by atoms with Gasteiger partial charge in [0.1, 0.15) is 6.61 Å². The smallest absolute Gasteiger partial charge is 0.151 e. The Labute approximate surface area is 85.6 Å². The van der Waals surface area contributed by atoms with E-state index in [2.05, 4.69) is 26.2 Å². The Balaban J connectivity index is 1.89. The minimum absolute atomic E-state index is 0.520. The van der Waals surface area contributed by atoms with Crippen LogP contribution >= 0.6 is 15.9 Å². The van der Waals surface area contributed by atoms with E-state index in [9.17, 15) is 0 Å². The van der Waals surface area contributed by atoms with E-state index >= 15 is 0 Å². The van der Waals surface area contributed by atoms with Crippen LogP contribution in [0, 0.1) is 0 Å². The number of ether oxygens (including phenoxy) is 1. The molecule has 0 saturated carbocycles. The molecule has 0 spiro atoms. The van der Waals surface area contributed by atoms with Gasteiger partial charge in [0.2, 0.25) is 0 Å². The Kier molecular flexibility index (Phi) is 2.80. The Hall–Kier alpha value is -0.610. The predicted octanol–water partition coefficient (Wildman–Crippen LogP) is 1.58. The van der Waals surface area contributed by atoms with Gasteiger partial charge in [-0.15, -0.1) is 0 Å². The van der Waals surface area contributed by atoms with Crippen LogP contribution in [0.4, 0.5) is 0 Å². The first kappa shape index (κ1) is 8.97. The maximum absolute atomic E-state index is 5.57. The Morgan fingerprint density at radius 1 is 1.69 bits per heavy atom. The highest BCUT2D eigenvalue weighted by molar-refractivity contribution is 9.10. The highest BCUT2D eigenvalue weighted by atomic mass is 79.9. The molecule has 13 heavy (non-hydrogen) atoms. The van der Waals surface area contributed by atoms with E-state index < -0.39 is 0 Å². The number of rotatable bonds is 3. The molecule has 2 heterocycles. The fraction of sp³-hybridized carbons (Fsp3) is 0.444. The van der Waals surface area contributed by atoms with Crippen molar-refractivity contribution in [2.45, 2.75) is 12.5 Å². The third kappa shape index (κ3) is 2.19. The van der Waals surface area contributed by atoms with E-state index in [0.29, 0.717) is 6.04 Å². The van der Waals surface area contributed by atoms with Crippen LogP contribution in [-0.2, 0) is 0 Å². The van der Waals surface area contributed by atoms with Crippen molar-refractivity contribution < 1.29 is 4.74 Å². The number of nitrogens with zero attached hydrogens (tertiary/aromatic N) is 1. The summed E-state index contributed by atoms with van der Waals surface area (Å²) in [5.74, 6) is 0.816. The molecule has 0 aliphatic carbocycles. The molecule has 1 aromatic rings. The number of halogens is 1. The molecule has 1 aliphatic rings. The first-order chi connectivity index (χ1) is 6.36. The largest absolute Gasteiger partial charge is 0.489 e. The summed E-state index contributed by atoms with van der Waals surface area (Å²) in [5.41, 5.74) is 0. The molecule has 0 amide bonds. The molecule has 1 saturated heterocycles. The Bertz CT molecular complexity index is 289. The lowest BCUT2D eigenvalue weighted by Crippen LogP contribution is -2.46. The summed E-state index contributed by atoms with van der Waals surface area (Å²) in [7, 11) is 0. The second kappa shape index (κ2) is 4.07. The molecule has 0 radical (unpaired) electrons. The third-order valence-electron chi connectivity index (χ3n) is 2.10. The van der Waals surface area contributed by atoms with Gasteiger partial charge in [-0.3, -0.25) is 4.98 Å². The van der Waals surface area contributed by atoms with Crippen LogP contribution in [0.5, 0.6) is 5.75 Å². The lowest BCUT2D eigenvalue weighted by atomic mass is 10.1. The summed E-state index contributed by atoms with van der Waals surface area (Å²) in [6, 6.07) is 2.40. The first-order valence-electron chi connectivity index (χ1n) is 4.32. The molecule has 1 aliphatic heterocycles. The third-order valence-corrected chi connectivity index (χ3v) is 2.76. The molecule has 4 heteroatoms. The second-order valence-corrected chi connectivity index (χ2v) is 3.91. The zero-order valence-electron chi connectivity index (χ0n) is 7.16. The van der Waals surface area contributed by atoms with Crippen LogP contribution in [0.1, 0.15) is 6.42 Å². The van der Waals surface area contributed by atoms with Gasteiger partial charge >= 0.3 is 0 Å². The Morgan fingerprint density at radius 2 is 2.54 bits per heavy atom. The number of aromatic nitrogens is 1. The maximum Gasteiger partial charge on any atom is 0.151 e. The van der Waals surface area contributed by atoms with Crippen molar-refractivity contribution in [1.29, 1.82) is 0 Å². The maximum atomic E-state index is 5.57. The number of hydrogen-bond acceptors (Lipinski definition) is 3. The molecule has 1 atom stereocenters. The van der Waals surface area contributed by atoms with Gasteiger partial charge in [0.15, 0.2) is 5.75 Å². The molecule has 0 aromatic carbocycles. The summed E-state index contributed by atoms with van der Waals surface area (Å²) in [4.78, 5) is 3.99. The quantitative estimate of drug-likeness (QED) is 0.875. The molecular weight excluding hydrogens is 232 g/mol. The van der Waals surface area contributed by atoms with E-state index in [4.69, 9.17) is 4.74 Å². The summed E-state index contributed by atoms with van der Waals surface area (Å²) >= 11 is 3.40. The molecule has 1 aromatic heterocycles. The van der Waals surface area contributed by atoms with Crippen LogP contribution in [0.3, 0.4) is 0 Å². The lowest BCUT2D eigenvalue weighted by Gasteiger charge is -2.27. The van der Waals surface area contributed by atoms with E-state index in [1.54, 1.807) is 12.4 Å². The first-order valence-corrected chi connectivity index (χ1v) is 5.11. The molecule has 1 N–H and O–H groups in total. The zero-order valence-corrected chi connectivity index (χ0v) is 8.75.